The zero-order valence-electron chi connectivity index (χ0n) is 7.18. The molecular formula is C8H13NS2. The van der Waals surface area contributed by atoms with Crippen LogP contribution in [0.1, 0.15) is 20.8 Å². The van der Waals surface area contributed by atoms with Gasteiger partial charge in [-0.1, -0.05) is 12.2 Å². The van der Waals surface area contributed by atoms with Crippen LogP contribution in [0.4, 0.5) is 0 Å². The van der Waals surface area contributed by atoms with E-state index in [2.05, 4.69) is 36.0 Å². The fourth-order valence-electron chi connectivity index (χ4n) is 0.792. The van der Waals surface area contributed by atoms with Crippen LogP contribution in [-0.2, 0) is 0 Å². The van der Waals surface area contributed by atoms with Crippen LogP contribution >= 0.6 is 24.4 Å². The molecule has 0 N–H and O–H groups in total. The largest absolute Gasteiger partial charge is 0.363 e. The Labute approximate surface area is 79.1 Å². The van der Waals surface area contributed by atoms with Gasteiger partial charge in [-0.15, -0.1) is 0 Å². The van der Waals surface area contributed by atoms with E-state index in [9.17, 15) is 0 Å². The van der Waals surface area contributed by atoms with Gasteiger partial charge in [-0.05, 0) is 38.0 Å². The van der Waals surface area contributed by atoms with Gasteiger partial charge in [-0.2, -0.15) is 0 Å². The van der Waals surface area contributed by atoms with Crippen LogP contribution in [0.15, 0.2) is 5.57 Å². The molecular weight excluding hydrogens is 174 g/mol. The molecule has 0 atom stereocenters. The van der Waals surface area contributed by atoms with Gasteiger partial charge in [0.15, 0.2) is 0 Å². The van der Waals surface area contributed by atoms with E-state index >= 15 is 0 Å². The summed E-state index contributed by atoms with van der Waals surface area (Å²) >= 11 is 9.82. The van der Waals surface area contributed by atoms with Crippen LogP contribution < -0.4 is 0 Å². The molecule has 0 saturated carbocycles. The second-order valence-corrected chi connectivity index (χ2v) is 2.80. The first-order chi connectivity index (χ1) is 5.17. The van der Waals surface area contributed by atoms with E-state index in [0.717, 1.165) is 23.7 Å². The molecule has 0 aromatic carbocycles. The van der Waals surface area contributed by atoms with E-state index in [1.807, 2.05) is 6.92 Å². The molecule has 62 valence electrons. The first-order valence-corrected chi connectivity index (χ1v) is 4.50. The van der Waals surface area contributed by atoms with Gasteiger partial charge < -0.3 is 4.90 Å². The summed E-state index contributed by atoms with van der Waals surface area (Å²) in [5.41, 5.74) is 0.888. The third-order valence-electron chi connectivity index (χ3n) is 1.52. The molecule has 0 amide bonds. The Morgan fingerprint density at radius 3 is 2.09 bits per heavy atom. The quantitative estimate of drug-likeness (QED) is 0.492. The molecule has 0 aromatic rings. The SMILES string of the molecule is CCN(CC)C(=S)C(C)=C=S. The lowest BCUT2D eigenvalue weighted by Gasteiger charge is -2.20. The average Bonchev–Trinajstić information content (AvgIpc) is 2.05. The van der Waals surface area contributed by atoms with Crippen molar-refractivity contribution in [2.24, 2.45) is 0 Å². The summed E-state index contributed by atoms with van der Waals surface area (Å²) in [5, 5.41) is 2.63. The van der Waals surface area contributed by atoms with E-state index in [-0.39, 0.29) is 0 Å². The van der Waals surface area contributed by atoms with Gasteiger partial charge in [-0.3, -0.25) is 0 Å². The summed E-state index contributed by atoms with van der Waals surface area (Å²) in [7, 11) is 0. The maximum absolute atomic E-state index is 5.16. The standard InChI is InChI=1S/C8H13NS2/c1-4-9(5-2)8(11)7(3)6-10/h4-5H2,1-3H3. The molecule has 1 nitrogen and oxygen atoms in total. The van der Waals surface area contributed by atoms with Crippen molar-refractivity contribution in [1.82, 2.24) is 4.90 Å². The van der Waals surface area contributed by atoms with Crippen molar-refractivity contribution in [3.63, 3.8) is 0 Å². The monoisotopic (exact) mass is 187 g/mol. The van der Waals surface area contributed by atoms with E-state index in [0.29, 0.717) is 0 Å². The molecule has 0 fully saturated rings. The van der Waals surface area contributed by atoms with Gasteiger partial charge >= 0.3 is 0 Å². The van der Waals surface area contributed by atoms with Crippen molar-refractivity contribution < 1.29 is 0 Å². The first-order valence-electron chi connectivity index (χ1n) is 3.68. The van der Waals surface area contributed by atoms with Gasteiger partial charge in [0.1, 0.15) is 4.99 Å². The van der Waals surface area contributed by atoms with Crippen LogP contribution in [0, 0.1) is 0 Å². The fraction of sp³-hybridized carbons (Fsp3) is 0.625. The van der Waals surface area contributed by atoms with Crippen molar-refractivity contribution in [2.45, 2.75) is 20.8 Å². The Kier molecular flexibility index (Phi) is 5.30. The summed E-state index contributed by atoms with van der Waals surface area (Å²) in [4.78, 5) is 2.91. The van der Waals surface area contributed by atoms with E-state index in [4.69, 9.17) is 12.2 Å². The Morgan fingerprint density at radius 2 is 1.82 bits per heavy atom. The second-order valence-electron chi connectivity index (χ2n) is 2.20. The summed E-state index contributed by atoms with van der Waals surface area (Å²) < 4.78 is 0. The van der Waals surface area contributed by atoms with Gasteiger partial charge in [0.2, 0.25) is 0 Å². The maximum atomic E-state index is 5.16. The summed E-state index contributed by atoms with van der Waals surface area (Å²) in [6.07, 6.45) is 0. The Morgan fingerprint density at radius 1 is 1.36 bits per heavy atom. The molecule has 0 bridgehead atoms. The Bertz CT molecular complexity index is 188. The van der Waals surface area contributed by atoms with E-state index in [1.54, 1.807) is 0 Å². The average molecular weight is 187 g/mol. The third kappa shape index (κ3) is 3.10. The highest BCUT2D eigenvalue weighted by Gasteiger charge is 2.05. The van der Waals surface area contributed by atoms with Crippen LogP contribution in [-0.4, -0.2) is 28.0 Å². The minimum absolute atomic E-state index is 0.824. The number of hydrogen-bond donors (Lipinski definition) is 0. The molecule has 0 aliphatic rings. The van der Waals surface area contributed by atoms with Gasteiger partial charge in [0, 0.05) is 18.7 Å². The minimum atomic E-state index is 0.824. The molecule has 0 aliphatic carbocycles. The highest BCUT2D eigenvalue weighted by Crippen LogP contribution is 1.99. The number of rotatable bonds is 3. The predicted molar refractivity (Wildman–Crippen MR) is 57.3 cm³/mol. The predicted octanol–water partition coefficient (Wildman–Crippen LogP) is 2.20. The lowest BCUT2D eigenvalue weighted by atomic mass is 10.3. The molecule has 3 heteroatoms. The van der Waals surface area contributed by atoms with Crippen molar-refractivity contribution in [3.05, 3.63) is 5.57 Å². The zero-order chi connectivity index (χ0) is 8.85. The topological polar surface area (TPSA) is 3.24 Å². The molecule has 0 heterocycles. The molecule has 0 unspecified atom stereocenters. The van der Waals surface area contributed by atoms with Gasteiger partial charge in [0.25, 0.3) is 0 Å². The smallest absolute Gasteiger partial charge is 0.113 e. The van der Waals surface area contributed by atoms with Crippen molar-refractivity contribution in [1.29, 1.82) is 0 Å². The molecule has 11 heavy (non-hydrogen) atoms. The lowest BCUT2D eigenvalue weighted by molar-refractivity contribution is 0.474. The summed E-state index contributed by atoms with van der Waals surface area (Å²) in [6, 6.07) is 0. The molecule has 0 radical (unpaired) electrons. The molecule has 0 rings (SSSR count). The number of nitrogens with zero attached hydrogens (tertiary/aromatic N) is 1. The zero-order valence-corrected chi connectivity index (χ0v) is 8.81. The van der Waals surface area contributed by atoms with Gasteiger partial charge in [0.05, 0.1) is 0 Å². The van der Waals surface area contributed by atoms with E-state index in [1.165, 1.54) is 0 Å². The highest BCUT2D eigenvalue weighted by molar-refractivity contribution is 7.81. The molecule has 0 spiro atoms. The van der Waals surface area contributed by atoms with Crippen LogP contribution in [0.5, 0.6) is 0 Å². The van der Waals surface area contributed by atoms with E-state index < -0.39 is 0 Å². The molecule has 0 aliphatic heterocycles. The first kappa shape index (κ1) is 10.8. The van der Waals surface area contributed by atoms with Crippen molar-refractivity contribution in [3.8, 4) is 0 Å². The number of thiocarbonyl (C=S) groups is 2. The van der Waals surface area contributed by atoms with Crippen molar-refractivity contribution in [2.75, 3.05) is 13.1 Å². The Balaban J connectivity index is 4.33. The van der Waals surface area contributed by atoms with Crippen molar-refractivity contribution >= 4 is 34.4 Å². The summed E-state index contributed by atoms with van der Waals surface area (Å²) in [6.45, 7) is 7.92. The summed E-state index contributed by atoms with van der Waals surface area (Å²) in [5.74, 6) is 0. The van der Waals surface area contributed by atoms with Gasteiger partial charge in [-0.25, -0.2) is 0 Å². The van der Waals surface area contributed by atoms with Crippen LogP contribution in [0.2, 0.25) is 0 Å². The number of likely N-dealkylation sites (N-methyl/N-ethyl adjacent to an activating group) is 1. The number of hydrogen-bond acceptors (Lipinski definition) is 2. The maximum Gasteiger partial charge on any atom is 0.113 e. The highest BCUT2D eigenvalue weighted by atomic mass is 32.1. The second kappa shape index (κ2) is 5.42. The molecule has 0 saturated heterocycles. The van der Waals surface area contributed by atoms with Crippen LogP contribution in [0.25, 0.3) is 0 Å². The fourth-order valence-corrected chi connectivity index (χ4v) is 1.26. The molecule has 0 aromatic heterocycles. The minimum Gasteiger partial charge on any atom is -0.363 e. The normalized spacial score (nSPS) is 8.64. The Hall–Kier alpha value is -0.240. The van der Waals surface area contributed by atoms with Crippen LogP contribution in [0.3, 0.4) is 0 Å². The third-order valence-corrected chi connectivity index (χ3v) is 2.40. The lowest BCUT2D eigenvalue weighted by Crippen LogP contribution is -2.29.